The summed E-state index contributed by atoms with van der Waals surface area (Å²) in [6.45, 7) is 2.32. The van der Waals surface area contributed by atoms with Gasteiger partial charge >= 0.3 is 0 Å². The molecule has 0 bridgehead atoms. The number of hydrogen-bond acceptors (Lipinski definition) is 3. The smallest absolute Gasteiger partial charge is 0.253 e. The molecule has 1 heterocycles. The fourth-order valence-electron chi connectivity index (χ4n) is 2.59. The van der Waals surface area contributed by atoms with E-state index in [0.29, 0.717) is 17.8 Å². The second-order valence-corrected chi connectivity index (χ2v) is 6.31. The van der Waals surface area contributed by atoms with Crippen LogP contribution in [0.3, 0.4) is 0 Å². The van der Waals surface area contributed by atoms with E-state index in [0.717, 1.165) is 11.1 Å². The number of carbonyl (C=O) groups is 2. The number of anilines is 1. The van der Waals surface area contributed by atoms with Gasteiger partial charge in [0.05, 0.1) is 5.56 Å². The highest BCUT2D eigenvalue weighted by Crippen LogP contribution is 2.15. The number of carbonyl (C=O) groups excluding carboxylic acids is 2. The van der Waals surface area contributed by atoms with Gasteiger partial charge in [-0.1, -0.05) is 48.0 Å². The van der Waals surface area contributed by atoms with Crippen molar-refractivity contribution in [3.8, 4) is 0 Å². The maximum absolute atomic E-state index is 12.3. The van der Waals surface area contributed by atoms with Crippen LogP contribution in [0.5, 0.6) is 0 Å². The van der Waals surface area contributed by atoms with Crippen LogP contribution in [-0.4, -0.2) is 16.8 Å². The minimum atomic E-state index is -0.230. The largest absolute Gasteiger partial charge is 0.348 e. The second kappa shape index (κ2) is 9.28. The first-order valence-corrected chi connectivity index (χ1v) is 8.94. The van der Waals surface area contributed by atoms with Crippen LogP contribution >= 0.6 is 0 Å². The Morgan fingerprint density at radius 2 is 1.79 bits per heavy atom. The third-order valence-corrected chi connectivity index (χ3v) is 4.14. The number of nitrogens with zero attached hydrogens (tertiary/aromatic N) is 1. The Hall–Kier alpha value is -3.73. The van der Waals surface area contributed by atoms with E-state index >= 15 is 0 Å². The quantitative estimate of drug-likeness (QED) is 0.644. The Bertz CT molecular complexity index is 980. The van der Waals surface area contributed by atoms with Gasteiger partial charge in [0, 0.05) is 30.7 Å². The Balaban J connectivity index is 1.62. The van der Waals surface area contributed by atoms with Gasteiger partial charge in [-0.05, 0) is 42.3 Å². The second-order valence-electron chi connectivity index (χ2n) is 6.31. The zero-order valence-electron chi connectivity index (χ0n) is 15.6. The Kier molecular flexibility index (Phi) is 6.31. The average molecular weight is 371 g/mol. The maximum Gasteiger partial charge on any atom is 0.253 e. The molecule has 2 N–H and O–H groups in total. The van der Waals surface area contributed by atoms with Crippen molar-refractivity contribution in [3.05, 3.63) is 101 Å². The van der Waals surface area contributed by atoms with Crippen LogP contribution in [0.25, 0.3) is 6.08 Å². The van der Waals surface area contributed by atoms with Crippen molar-refractivity contribution < 1.29 is 9.59 Å². The summed E-state index contributed by atoms with van der Waals surface area (Å²) in [5, 5.41) is 5.71. The molecule has 140 valence electrons. The van der Waals surface area contributed by atoms with Crippen molar-refractivity contribution in [2.75, 3.05) is 5.32 Å². The zero-order valence-corrected chi connectivity index (χ0v) is 15.6. The molecule has 0 aliphatic heterocycles. The number of amides is 2. The first-order chi connectivity index (χ1) is 13.6. The molecule has 0 spiro atoms. The summed E-state index contributed by atoms with van der Waals surface area (Å²) in [6.07, 6.45) is 6.39. The molecule has 2 aromatic carbocycles. The average Bonchev–Trinajstić information content (AvgIpc) is 2.73. The number of hydrogen-bond donors (Lipinski definition) is 2. The molecule has 2 amide bonds. The molecular weight excluding hydrogens is 350 g/mol. The topological polar surface area (TPSA) is 71.1 Å². The standard InChI is InChI=1S/C23H21N3O2/c1-17-8-10-18(11-9-17)12-13-22(27)26-21-7-3-2-5-19(21)16-25-23(28)20-6-4-14-24-15-20/h2-15H,16H2,1H3,(H,25,28)(H,26,27)/b13-12+. The lowest BCUT2D eigenvalue weighted by Crippen LogP contribution is -2.23. The number of aryl methyl sites for hydroxylation is 1. The highest BCUT2D eigenvalue weighted by Gasteiger charge is 2.08. The van der Waals surface area contributed by atoms with Crippen LogP contribution < -0.4 is 10.6 Å². The van der Waals surface area contributed by atoms with Crippen LogP contribution in [-0.2, 0) is 11.3 Å². The lowest BCUT2D eigenvalue weighted by Gasteiger charge is -2.11. The molecule has 0 saturated carbocycles. The van der Waals surface area contributed by atoms with E-state index < -0.39 is 0 Å². The predicted molar refractivity (Wildman–Crippen MR) is 111 cm³/mol. The molecule has 3 aromatic rings. The summed E-state index contributed by atoms with van der Waals surface area (Å²) in [5.74, 6) is -0.444. The van der Waals surface area contributed by atoms with Crippen molar-refractivity contribution in [2.45, 2.75) is 13.5 Å². The normalized spacial score (nSPS) is 10.6. The van der Waals surface area contributed by atoms with Crippen LogP contribution in [0, 0.1) is 6.92 Å². The fourth-order valence-corrected chi connectivity index (χ4v) is 2.59. The molecule has 5 nitrogen and oxygen atoms in total. The molecular formula is C23H21N3O2. The molecule has 0 fully saturated rings. The van der Waals surface area contributed by atoms with E-state index in [1.807, 2.05) is 55.5 Å². The monoisotopic (exact) mass is 371 g/mol. The van der Waals surface area contributed by atoms with Gasteiger partial charge < -0.3 is 10.6 Å². The molecule has 28 heavy (non-hydrogen) atoms. The lowest BCUT2D eigenvalue weighted by molar-refractivity contribution is -0.111. The molecule has 0 saturated heterocycles. The van der Waals surface area contributed by atoms with Gasteiger partial charge in [-0.3, -0.25) is 14.6 Å². The summed E-state index contributed by atoms with van der Waals surface area (Å²) in [4.78, 5) is 28.4. The van der Waals surface area contributed by atoms with Gasteiger partial charge in [-0.25, -0.2) is 0 Å². The molecule has 0 atom stereocenters. The Morgan fingerprint density at radius 3 is 2.54 bits per heavy atom. The highest BCUT2D eigenvalue weighted by molar-refractivity contribution is 6.02. The summed E-state index contributed by atoms with van der Waals surface area (Å²) < 4.78 is 0. The molecule has 3 rings (SSSR count). The number of aromatic nitrogens is 1. The summed E-state index contributed by atoms with van der Waals surface area (Å²) >= 11 is 0. The van der Waals surface area contributed by atoms with E-state index in [-0.39, 0.29) is 11.8 Å². The predicted octanol–water partition coefficient (Wildman–Crippen LogP) is 3.97. The van der Waals surface area contributed by atoms with Crippen LogP contribution in [0.1, 0.15) is 27.0 Å². The number of pyridine rings is 1. The molecule has 0 radical (unpaired) electrons. The van der Waals surface area contributed by atoms with Gasteiger partial charge in [-0.2, -0.15) is 0 Å². The lowest BCUT2D eigenvalue weighted by atomic mass is 10.1. The SMILES string of the molecule is Cc1ccc(/C=C/C(=O)Nc2ccccc2CNC(=O)c2cccnc2)cc1. The third-order valence-electron chi connectivity index (χ3n) is 4.14. The van der Waals surface area contributed by atoms with Crippen molar-refractivity contribution in [1.29, 1.82) is 0 Å². The van der Waals surface area contributed by atoms with Crippen molar-refractivity contribution in [1.82, 2.24) is 10.3 Å². The van der Waals surface area contributed by atoms with Crippen molar-refractivity contribution >= 4 is 23.6 Å². The Labute approximate surface area is 164 Å². The number of rotatable bonds is 6. The minimum Gasteiger partial charge on any atom is -0.348 e. The van der Waals surface area contributed by atoms with Crippen LogP contribution in [0.4, 0.5) is 5.69 Å². The van der Waals surface area contributed by atoms with Gasteiger partial charge in [0.2, 0.25) is 5.91 Å². The number of nitrogens with one attached hydrogen (secondary N) is 2. The summed E-state index contributed by atoms with van der Waals surface area (Å²) in [6, 6.07) is 18.7. The van der Waals surface area contributed by atoms with Crippen LogP contribution in [0.2, 0.25) is 0 Å². The first kappa shape index (κ1) is 19.0. The van der Waals surface area contributed by atoms with Gasteiger partial charge in [0.1, 0.15) is 0 Å². The Morgan fingerprint density at radius 1 is 1.00 bits per heavy atom. The minimum absolute atomic E-state index is 0.214. The third kappa shape index (κ3) is 5.38. The molecule has 0 aliphatic carbocycles. The van der Waals surface area contributed by atoms with Gasteiger partial charge in [0.25, 0.3) is 5.91 Å². The highest BCUT2D eigenvalue weighted by atomic mass is 16.2. The maximum atomic E-state index is 12.3. The summed E-state index contributed by atoms with van der Waals surface area (Å²) in [5.41, 5.74) is 4.09. The fraction of sp³-hybridized carbons (Fsp3) is 0.0870. The molecule has 0 aliphatic rings. The van der Waals surface area contributed by atoms with Crippen LogP contribution in [0.15, 0.2) is 79.1 Å². The first-order valence-electron chi connectivity index (χ1n) is 8.94. The van der Waals surface area contributed by atoms with E-state index in [9.17, 15) is 9.59 Å². The number of benzene rings is 2. The van der Waals surface area contributed by atoms with Gasteiger partial charge in [0.15, 0.2) is 0 Å². The summed E-state index contributed by atoms with van der Waals surface area (Å²) in [7, 11) is 0. The number of para-hydroxylation sites is 1. The van der Waals surface area contributed by atoms with E-state index in [1.165, 1.54) is 17.8 Å². The zero-order chi connectivity index (χ0) is 19.8. The molecule has 1 aromatic heterocycles. The van der Waals surface area contributed by atoms with E-state index in [4.69, 9.17) is 0 Å². The van der Waals surface area contributed by atoms with Crippen molar-refractivity contribution in [2.24, 2.45) is 0 Å². The molecule has 5 heteroatoms. The van der Waals surface area contributed by atoms with Crippen molar-refractivity contribution in [3.63, 3.8) is 0 Å². The van der Waals surface area contributed by atoms with E-state index in [2.05, 4.69) is 15.6 Å². The van der Waals surface area contributed by atoms with Gasteiger partial charge in [-0.15, -0.1) is 0 Å². The molecule has 0 unspecified atom stereocenters. The van der Waals surface area contributed by atoms with E-state index in [1.54, 1.807) is 24.4 Å².